The summed E-state index contributed by atoms with van der Waals surface area (Å²) in [5.41, 5.74) is 0.972. The zero-order valence-electron chi connectivity index (χ0n) is 17.7. The normalized spacial score (nSPS) is 9.82. The Hall–Kier alpha value is -3.85. The first-order valence-corrected chi connectivity index (χ1v) is 10.6. The molecule has 33 heavy (non-hydrogen) atoms. The number of benzene rings is 3. The second-order valence-corrected chi connectivity index (χ2v) is 7.16. The molecule has 0 amide bonds. The number of phosphoric ester groups is 1. The number of rotatable bonds is 6. The topological polar surface area (TPSA) is 160 Å². The number of aromatic hydroxyl groups is 2. The molecule has 3 rings (SSSR count). The van der Waals surface area contributed by atoms with Crippen LogP contribution in [0.25, 0.3) is 0 Å². The first kappa shape index (κ1) is 27.2. The van der Waals surface area contributed by atoms with Gasteiger partial charge in [-0.05, 0) is 48.5 Å². The van der Waals surface area contributed by atoms with Gasteiger partial charge in [-0.1, -0.05) is 18.2 Å². The molecule has 176 valence electrons. The van der Waals surface area contributed by atoms with E-state index in [4.69, 9.17) is 29.5 Å². The van der Waals surface area contributed by atoms with E-state index in [0.29, 0.717) is 35.2 Å². The average molecular weight is 478 g/mol. The average Bonchev–Trinajstić information content (AvgIpc) is 2.80. The van der Waals surface area contributed by atoms with Gasteiger partial charge in [-0.15, -0.1) is 0 Å². The predicted molar refractivity (Wildman–Crippen MR) is 119 cm³/mol. The van der Waals surface area contributed by atoms with Crippen molar-refractivity contribution in [2.24, 2.45) is 0 Å². The highest BCUT2D eigenvalue weighted by Crippen LogP contribution is 2.37. The van der Waals surface area contributed by atoms with Crippen LogP contribution in [-0.4, -0.2) is 46.8 Å². The minimum atomic E-state index is -4.39. The smallest absolute Gasteiger partial charge is 0.504 e. The fourth-order valence-electron chi connectivity index (χ4n) is 2.15. The van der Waals surface area contributed by atoms with Crippen LogP contribution in [0.1, 0.15) is 20.7 Å². The fraction of sp³-hybridized carbons (Fsp3) is 0.0909. The number of aldehydes is 2. The van der Waals surface area contributed by atoms with Gasteiger partial charge in [0.25, 0.3) is 0 Å². The molecule has 0 radical (unpaired) electrons. The Morgan fingerprint density at radius 3 is 1.48 bits per heavy atom. The molecule has 0 aliphatic carbocycles. The molecule has 10 nitrogen and oxygen atoms in total. The molecule has 3 aromatic carbocycles. The summed E-state index contributed by atoms with van der Waals surface area (Å²) in [6, 6.07) is 16.8. The highest BCUT2D eigenvalue weighted by Gasteiger charge is 2.14. The molecule has 0 aromatic heterocycles. The zero-order chi connectivity index (χ0) is 24.9. The maximum absolute atomic E-state index is 10.3. The van der Waals surface area contributed by atoms with Crippen molar-refractivity contribution in [3.63, 3.8) is 0 Å². The first-order chi connectivity index (χ1) is 15.6. The van der Waals surface area contributed by atoms with E-state index in [1.807, 2.05) is 0 Å². The van der Waals surface area contributed by atoms with Gasteiger partial charge >= 0.3 is 7.82 Å². The van der Waals surface area contributed by atoms with Crippen molar-refractivity contribution in [1.29, 1.82) is 0 Å². The molecule has 0 heterocycles. The van der Waals surface area contributed by atoms with E-state index in [2.05, 4.69) is 4.52 Å². The van der Waals surface area contributed by atoms with Crippen LogP contribution in [0.2, 0.25) is 0 Å². The molecule has 11 heteroatoms. The lowest BCUT2D eigenvalue weighted by Gasteiger charge is -2.04. The van der Waals surface area contributed by atoms with Gasteiger partial charge in [0, 0.05) is 11.1 Å². The Labute approximate surface area is 189 Å². The number of carbonyl (C=O) groups is 2. The Bertz CT molecular complexity index is 1020. The number of hydrogen-bond acceptors (Lipinski definition) is 8. The number of para-hydroxylation sites is 1. The number of ether oxygens (including phenoxy) is 2. The van der Waals surface area contributed by atoms with Crippen LogP contribution in [0.5, 0.6) is 28.7 Å². The van der Waals surface area contributed by atoms with Gasteiger partial charge in [-0.2, -0.15) is 0 Å². The summed E-state index contributed by atoms with van der Waals surface area (Å²) in [6.07, 6.45) is 1.39. The number of methoxy groups -OCH3 is 2. The van der Waals surface area contributed by atoms with Crippen molar-refractivity contribution in [2.45, 2.75) is 0 Å². The first-order valence-electron chi connectivity index (χ1n) is 9.08. The van der Waals surface area contributed by atoms with E-state index in [9.17, 15) is 14.2 Å². The quantitative estimate of drug-likeness (QED) is 0.304. The number of carbonyl (C=O) groups excluding carboxylic acids is 2. The second-order valence-electron chi connectivity index (χ2n) is 5.99. The maximum atomic E-state index is 10.3. The largest absolute Gasteiger partial charge is 0.524 e. The predicted octanol–water partition coefficient (Wildman–Crippen LogP) is 3.58. The molecule has 3 aromatic rings. The lowest BCUT2D eigenvalue weighted by molar-refractivity contribution is 0.111. The summed E-state index contributed by atoms with van der Waals surface area (Å²) in [7, 11) is -1.52. The van der Waals surface area contributed by atoms with Gasteiger partial charge in [0.15, 0.2) is 23.0 Å². The van der Waals surface area contributed by atoms with Crippen LogP contribution in [0.15, 0.2) is 66.7 Å². The van der Waals surface area contributed by atoms with Crippen LogP contribution in [0.3, 0.4) is 0 Å². The van der Waals surface area contributed by atoms with E-state index >= 15 is 0 Å². The summed E-state index contributed by atoms with van der Waals surface area (Å²) in [5, 5.41) is 18.2. The molecule has 0 atom stereocenters. The van der Waals surface area contributed by atoms with Gasteiger partial charge in [-0.3, -0.25) is 19.4 Å². The van der Waals surface area contributed by atoms with Crippen LogP contribution < -0.4 is 14.0 Å². The maximum Gasteiger partial charge on any atom is 0.524 e. The summed E-state index contributed by atoms with van der Waals surface area (Å²) in [4.78, 5) is 37.2. The standard InChI is InChI=1S/2C8H8O3.C6H7O4P/c2*1-11-8-4-6(5-9)2-3-7(8)10;7-11(8,9)10-6-4-2-1-3-5-6/h2*2-5,10H,1H3;1-5H,(H2,7,8,9). The van der Waals surface area contributed by atoms with Crippen molar-refractivity contribution in [3.05, 3.63) is 77.9 Å². The zero-order valence-corrected chi connectivity index (χ0v) is 18.6. The third kappa shape index (κ3) is 10.3. The van der Waals surface area contributed by atoms with Gasteiger partial charge in [0.2, 0.25) is 0 Å². The van der Waals surface area contributed by atoms with Crippen LogP contribution in [0, 0.1) is 0 Å². The lowest BCUT2D eigenvalue weighted by Crippen LogP contribution is -1.88. The highest BCUT2D eigenvalue weighted by atomic mass is 31.2. The van der Waals surface area contributed by atoms with E-state index in [0.717, 1.165) is 0 Å². The fourth-order valence-corrected chi connectivity index (χ4v) is 2.55. The monoisotopic (exact) mass is 478 g/mol. The van der Waals surface area contributed by atoms with Gasteiger partial charge in [-0.25, -0.2) is 4.57 Å². The Balaban J connectivity index is 0.000000247. The third-order valence-electron chi connectivity index (χ3n) is 3.65. The molecule has 0 spiro atoms. The van der Waals surface area contributed by atoms with Gasteiger partial charge in [0.05, 0.1) is 14.2 Å². The van der Waals surface area contributed by atoms with Gasteiger partial charge < -0.3 is 24.2 Å². The van der Waals surface area contributed by atoms with Crippen LogP contribution >= 0.6 is 7.82 Å². The summed E-state index contributed by atoms with van der Waals surface area (Å²) < 4.78 is 24.1. The molecule has 0 saturated heterocycles. The molecule has 0 aliphatic rings. The van der Waals surface area contributed by atoms with Crippen molar-refractivity contribution < 1.29 is 48.2 Å². The number of hydrogen-bond donors (Lipinski definition) is 4. The molecular formula is C22H23O10P. The summed E-state index contributed by atoms with van der Waals surface area (Å²) >= 11 is 0. The number of phenolic OH excluding ortho intramolecular Hbond substituents is 2. The highest BCUT2D eigenvalue weighted by molar-refractivity contribution is 7.46. The van der Waals surface area contributed by atoms with E-state index < -0.39 is 7.82 Å². The molecule has 0 bridgehead atoms. The lowest BCUT2D eigenvalue weighted by atomic mass is 10.2. The SMILES string of the molecule is COc1cc(C=O)ccc1O.COc1cc(C=O)ccc1O.O=P(O)(O)Oc1ccccc1. The van der Waals surface area contributed by atoms with E-state index in [1.165, 1.54) is 62.8 Å². The molecular weight excluding hydrogens is 455 g/mol. The summed E-state index contributed by atoms with van der Waals surface area (Å²) in [6.45, 7) is 0. The van der Waals surface area contributed by atoms with Crippen molar-refractivity contribution in [3.8, 4) is 28.7 Å². The van der Waals surface area contributed by atoms with Crippen molar-refractivity contribution in [1.82, 2.24) is 0 Å². The minimum Gasteiger partial charge on any atom is -0.504 e. The van der Waals surface area contributed by atoms with E-state index in [1.54, 1.807) is 18.2 Å². The second kappa shape index (κ2) is 13.5. The van der Waals surface area contributed by atoms with Crippen molar-refractivity contribution in [2.75, 3.05) is 14.2 Å². The molecule has 0 aliphatic heterocycles. The Morgan fingerprint density at radius 1 is 0.727 bits per heavy atom. The molecule has 0 fully saturated rings. The summed E-state index contributed by atoms with van der Waals surface area (Å²) in [5.74, 6) is 0.876. The minimum absolute atomic E-state index is 0.0399. The molecule has 0 unspecified atom stereocenters. The van der Waals surface area contributed by atoms with Gasteiger partial charge in [0.1, 0.15) is 18.3 Å². The third-order valence-corrected chi connectivity index (χ3v) is 4.10. The molecule has 4 N–H and O–H groups in total. The van der Waals surface area contributed by atoms with E-state index in [-0.39, 0.29) is 17.2 Å². The Morgan fingerprint density at radius 2 is 1.15 bits per heavy atom. The molecule has 0 saturated carbocycles. The van der Waals surface area contributed by atoms with Crippen LogP contribution in [-0.2, 0) is 4.57 Å². The Kier molecular flexibility index (Phi) is 11.2. The van der Waals surface area contributed by atoms with Crippen LogP contribution in [0.4, 0.5) is 0 Å². The number of phenols is 2. The number of phosphoric acid groups is 1. The van der Waals surface area contributed by atoms with Crippen molar-refractivity contribution >= 4 is 20.4 Å².